The molecule has 0 spiro atoms. The lowest BCUT2D eigenvalue weighted by Gasteiger charge is -2.24. The van der Waals surface area contributed by atoms with Crippen LogP contribution in [0.2, 0.25) is 0 Å². The van der Waals surface area contributed by atoms with Gasteiger partial charge >= 0.3 is 6.03 Å². The Bertz CT molecular complexity index is 453. The number of hydrogen-bond acceptors (Lipinski definition) is 3. The quantitative estimate of drug-likeness (QED) is 0.877. The highest BCUT2D eigenvalue weighted by atomic mass is 16.5. The highest BCUT2D eigenvalue weighted by Crippen LogP contribution is 2.17. The molecule has 21 heavy (non-hydrogen) atoms. The number of likely N-dealkylation sites (N-methyl/N-ethyl adjacent to an activating group) is 1. The fourth-order valence-corrected chi connectivity index (χ4v) is 2.44. The molecule has 2 rings (SSSR count). The number of nitrogens with zero attached hydrogens (tertiary/aromatic N) is 1. The second-order valence-corrected chi connectivity index (χ2v) is 5.40. The van der Waals surface area contributed by atoms with E-state index in [4.69, 9.17) is 4.74 Å². The number of rotatable bonds is 5. The fraction of sp³-hybridized carbons (Fsp3) is 0.562. The molecule has 2 unspecified atom stereocenters. The number of carbonyl (C=O) groups is 1. The van der Waals surface area contributed by atoms with Gasteiger partial charge in [-0.3, -0.25) is 0 Å². The van der Waals surface area contributed by atoms with Crippen molar-refractivity contribution < 1.29 is 14.6 Å². The fourth-order valence-electron chi connectivity index (χ4n) is 2.44. The van der Waals surface area contributed by atoms with E-state index in [1.54, 1.807) is 24.0 Å². The first-order valence-corrected chi connectivity index (χ1v) is 7.55. The lowest BCUT2D eigenvalue weighted by molar-refractivity contribution is 0.0849. The topological polar surface area (TPSA) is 61.8 Å². The van der Waals surface area contributed by atoms with Gasteiger partial charge in [0.2, 0.25) is 0 Å². The van der Waals surface area contributed by atoms with Gasteiger partial charge in [-0.2, -0.15) is 0 Å². The minimum absolute atomic E-state index is 0.113. The molecule has 5 heteroatoms. The van der Waals surface area contributed by atoms with Crippen LogP contribution in [0.5, 0.6) is 0 Å². The Balaban J connectivity index is 1.91. The third-order valence-electron chi connectivity index (χ3n) is 3.76. The molecule has 2 atom stereocenters. The van der Waals surface area contributed by atoms with Crippen LogP contribution < -0.4 is 5.32 Å². The van der Waals surface area contributed by atoms with Gasteiger partial charge in [0, 0.05) is 25.4 Å². The predicted molar refractivity (Wildman–Crippen MR) is 82.3 cm³/mol. The number of hydrogen-bond donors (Lipinski definition) is 2. The van der Waals surface area contributed by atoms with Gasteiger partial charge in [-0.1, -0.05) is 12.1 Å². The summed E-state index contributed by atoms with van der Waals surface area (Å²) in [6.45, 7) is 5.76. The second kappa shape index (κ2) is 7.43. The average molecular weight is 292 g/mol. The Morgan fingerprint density at radius 3 is 2.71 bits per heavy atom. The highest BCUT2D eigenvalue weighted by Gasteiger charge is 2.21. The van der Waals surface area contributed by atoms with Gasteiger partial charge in [0.05, 0.1) is 12.2 Å². The summed E-state index contributed by atoms with van der Waals surface area (Å²) < 4.78 is 5.58. The van der Waals surface area contributed by atoms with E-state index < -0.39 is 6.10 Å². The number of nitrogens with one attached hydrogen (secondary N) is 1. The van der Waals surface area contributed by atoms with Crippen molar-refractivity contribution in [1.29, 1.82) is 0 Å². The van der Waals surface area contributed by atoms with E-state index in [9.17, 15) is 9.90 Å². The molecule has 2 N–H and O–H groups in total. The van der Waals surface area contributed by atoms with Crippen molar-refractivity contribution in [3.63, 3.8) is 0 Å². The zero-order valence-corrected chi connectivity index (χ0v) is 12.7. The number of amides is 2. The lowest BCUT2D eigenvalue weighted by atomic mass is 10.1. The molecular formula is C16H24N2O3. The SMILES string of the molecule is CCN(CC1CCCO1)C(=O)Nc1ccc(C(C)O)cc1. The van der Waals surface area contributed by atoms with Crippen LogP contribution >= 0.6 is 0 Å². The van der Waals surface area contributed by atoms with Crippen LogP contribution in [0, 0.1) is 0 Å². The van der Waals surface area contributed by atoms with E-state index in [0.29, 0.717) is 13.1 Å². The van der Waals surface area contributed by atoms with Crippen LogP contribution in [-0.4, -0.2) is 41.8 Å². The minimum Gasteiger partial charge on any atom is -0.389 e. The summed E-state index contributed by atoms with van der Waals surface area (Å²) in [7, 11) is 0. The Hall–Kier alpha value is -1.59. The highest BCUT2D eigenvalue weighted by molar-refractivity contribution is 5.89. The summed E-state index contributed by atoms with van der Waals surface area (Å²) in [6.07, 6.45) is 1.76. The number of aliphatic hydroxyl groups excluding tert-OH is 1. The van der Waals surface area contributed by atoms with Gasteiger partial charge in [0.1, 0.15) is 0 Å². The summed E-state index contributed by atoms with van der Waals surface area (Å²) in [5, 5.41) is 12.4. The summed E-state index contributed by atoms with van der Waals surface area (Å²) >= 11 is 0. The van der Waals surface area contributed by atoms with E-state index in [0.717, 1.165) is 30.7 Å². The van der Waals surface area contributed by atoms with Crippen molar-refractivity contribution in [2.45, 2.75) is 38.9 Å². The van der Waals surface area contributed by atoms with Crippen LogP contribution in [0.15, 0.2) is 24.3 Å². The van der Waals surface area contributed by atoms with Crippen molar-refractivity contribution in [2.24, 2.45) is 0 Å². The van der Waals surface area contributed by atoms with Crippen LogP contribution in [0.25, 0.3) is 0 Å². The summed E-state index contributed by atoms with van der Waals surface area (Å²) in [4.78, 5) is 14.0. The van der Waals surface area contributed by atoms with Crippen LogP contribution in [0.4, 0.5) is 10.5 Å². The molecule has 1 fully saturated rings. The van der Waals surface area contributed by atoms with E-state index in [2.05, 4.69) is 5.32 Å². The zero-order valence-electron chi connectivity index (χ0n) is 12.7. The molecule has 1 aromatic carbocycles. The predicted octanol–water partition coefficient (Wildman–Crippen LogP) is 2.77. The second-order valence-electron chi connectivity index (χ2n) is 5.40. The summed E-state index contributed by atoms with van der Waals surface area (Å²) in [6, 6.07) is 7.13. The number of benzene rings is 1. The van der Waals surface area contributed by atoms with Crippen LogP contribution in [0.3, 0.4) is 0 Å². The summed E-state index contributed by atoms with van der Waals surface area (Å²) in [5.74, 6) is 0. The van der Waals surface area contributed by atoms with Crippen LogP contribution in [-0.2, 0) is 4.74 Å². The van der Waals surface area contributed by atoms with E-state index in [-0.39, 0.29) is 12.1 Å². The molecule has 1 aromatic rings. The van der Waals surface area contributed by atoms with Crippen molar-refractivity contribution >= 4 is 11.7 Å². The smallest absolute Gasteiger partial charge is 0.321 e. The molecule has 0 saturated carbocycles. The molecule has 0 radical (unpaired) electrons. The first kappa shape index (κ1) is 15.8. The Morgan fingerprint density at radius 2 is 2.19 bits per heavy atom. The van der Waals surface area contributed by atoms with Crippen molar-refractivity contribution in [3.8, 4) is 0 Å². The van der Waals surface area contributed by atoms with Crippen LogP contribution in [0.1, 0.15) is 38.4 Å². The third kappa shape index (κ3) is 4.44. The maximum absolute atomic E-state index is 12.3. The molecular weight excluding hydrogens is 268 g/mol. The van der Waals surface area contributed by atoms with Crippen molar-refractivity contribution in [3.05, 3.63) is 29.8 Å². The van der Waals surface area contributed by atoms with Gasteiger partial charge in [-0.15, -0.1) is 0 Å². The normalized spacial score (nSPS) is 19.3. The monoisotopic (exact) mass is 292 g/mol. The van der Waals surface area contributed by atoms with Gasteiger partial charge in [0.15, 0.2) is 0 Å². The number of urea groups is 1. The average Bonchev–Trinajstić information content (AvgIpc) is 2.98. The minimum atomic E-state index is -0.499. The zero-order chi connectivity index (χ0) is 15.2. The summed E-state index contributed by atoms with van der Waals surface area (Å²) in [5.41, 5.74) is 1.56. The molecule has 0 aliphatic carbocycles. The molecule has 2 amide bonds. The Morgan fingerprint density at radius 1 is 1.48 bits per heavy atom. The molecule has 0 aromatic heterocycles. The van der Waals surface area contributed by atoms with Crippen molar-refractivity contribution in [1.82, 2.24) is 4.90 Å². The van der Waals surface area contributed by atoms with Crippen molar-refractivity contribution in [2.75, 3.05) is 25.0 Å². The number of carbonyl (C=O) groups excluding carboxylic acids is 1. The Kier molecular flexibility index (Phi) is 5.59. The van der Waals surface area contributed by atoms with E-state index >= 15 is 0 Å². The lowest BCUT2D eigenvalue weighted by Crippen LogP contribution is -2.39. The molecule has 1 heterocycles. The van der Waals surface area contributed by atoms with Gasteiger partial charge in [-0.05, 0) is 44.4 Å². The molecule has 1 aliphatic heterocycles. The third-order valence-corrected chi connectivity index (χ3v) is 3.76. The Labute approximate surface area is 125 Å². The van der Waals surface area contributed by atoms with Gasteiger partial charge in [0.25, 0.3) is 0 Å². The van der Waals surface area contributed by atoms with Gasteiger partial charge in [-0.25, -0.2) is 4.79 Å². The first-order chi connectivity index (χ1) is 10.1. The molecule has 1 aliphatic rings. The maximum Gasteiger partial charge on any atom is 0.321 e. The van der Waals surface area contributed by atoms with Gasteiger partial charge < -0.3 is 20.1 Å². The largest absolute Gasteiger partial charge is 0.389 e. The molecule has 116 valence electrons. The van der Waals surface area contributed by atoms with E-state index in [1.807, 2.05) is 19.1 Å². The number of anilines is 1. The molecule has 0 bridgehead atoms. The first-order valence-electron chi connectivity index (χ1n) is 7.55. The van der Waals surface area contributed by atoms with E-state index in [1.165, 1.54) is 0 Å². The maximum atomic E-state index is 12.3. The molecule has 1 saturated heterocycles. The number of ether oxygens (including phenoxy) is 1. The number of aliphatic hydroxyl groups is 1. The standard InChI is InChI=1S/C16H24N2O3/c1-3-18(11-15-5-4-10-21-15)16(20)17-14-8-6-13(7-9-14)12(2)19/h6-9,12,15,19H,3-5,10-11H2,1-2H3,(H,17,20). The molecule has 5 nitrogen and oxygen atoms in total.